The lowest BCUT2D eigenvalue weighted by Gasteiger charge is -2.22. The van der Waals surface area contributed by atoms with Crippen molar-refractivity contribution in [2.75, 3.05) is 38.1 Å². The summed E-state index contributed by atoms with van der Waals surface area (Å²) in [5, 5.41) is 3.98. The van der Waals surface area contributed by atoms with Crippen LogP contribution in [0.3, 0.4) is 0 Å². The number of nitrogen functional groups attached to an aromatic ring is 1. The molecule has 3 N–H and O–H groups in total. The van der Waals surface area contributed by atoms with Crippen LogP contribution in [0.2, 0.25) is 0 Å². The molecular weight excluding hydrogens is 300 g/mol. The molecule has 0 atom stereocenters. The average Bonchev–Trinajstić information content (AvgIpc) is 2.52. The van der Waals surface area contributed by atoms with Crippen LogP contribution in [0, 0.1) is 0 Å². The molecule has 7 heteroatoms. The molecule has 0 saturated heterocycles. The zero-order valence-electron chi connectivity index (χ0n) is 13.6. The summed E-state index contributed by atoms with van der Waals surface area (Å²) in [4.78, 5) is 8.83. The van der Waals surface area contributed by atoms with E-state index >= 15 is 0 Å². The van der Waals surface area contributed by atoms with E-state index in [2.05, 4.69) is 35.4 Å². The van der Waals surface area contributed by atoms with Gasteiger partial charge in [0.2, 0.25) is 5.95 Å². The van der Waals surface area contributed by atoms with Gasteiger partial charge in [-0.1, -0.05) is 0 Å². The third-order valence-electron chi connectivity index (χ3n) is 3.46. The van der Waals surface area contributed by atoms with Crippen LogP contribution >= 0.6 is 11.8 Å². The Labute approximate surface area is 134 Å². The molecular formula is C15H22N4O2S. The number of methoxy groups -OCH3 is 2. The minimum atomic E-state index is 0.0880. The van der Waals surface area contributed by atoms with E-state index in [4.69, 9.17) is 15.2 Å². The van der Waals surface area contributed by atoms with Gasteiger partial charge in [-0.2, -0.15) is 16.7 Å². The van der Waals surface area contributed by atoms with Crippen molar-refractivity contribution in [2.45, 2.75) is 18.6 Å². The van der Waals surface area contributed by atoms with Crippen LogP contribution in [-0.4, -0.2) is 41.7 Å². The van der Waals surface area contributed by atoms with Gasteiger partial charge in [-0.3, -0.25) is 0 Å². The fourth-order valence-corrected chi connectivity index (χ4v) is 2.14. The summed E-state index contributed by atoms with van der Waals surface area (Å²) in [5.74, 6) is 2.15. The van der Waals surface area contributed by atoms with E-state index in [1.54, 1.807) is 38.1 Å². The fraction of sp³-hybridized carbons (Fsp3) is 0.467. The molecule has 120 valence electrons. The predicted molar refractivity (Wildman–Crippen MR) is 93.1 cm³/mol. The van der Waals surface area contributed by atoms with Gasteiger partial charge in [0.25, 0.3) is 0 Å². The number of nitrogens with zero attached hydrogens (tertiary/aromatic N) is 2. The molecule has 2 aromatic rings. The molecule has 0 aliphatic carbocycles. The molecule has 0 aliphatic rings. The smallest absolute Gasteiger partial charge is 0.225 e. The number of rotatable bonds is 6. The Morgan fingerprint density at radius 1 is 1.18 bits per heavy atom. The molecule has 0 bridgehead atoms. The van der Waals surface area contributed by atoms with Gasteiger partial charge in [0.1, 0.15) is 5.82 Å². The fourth-order valence-electron chi connectivity index (χ4n) is 1.92. The van der Waals surface area contributed by atoms with Gasteiger partial charge in [-0.25, -0.2) is 4.98 Å². The van der Waals surface area contributed by atoms with Crippen LogP contribution in [0.5, 0.6) is 11.5 Å². The number of fused-ring (bicyclic) bond motifs is 1. The molecule has 0 aliphatic heterocycles. The van der Waals surface area contributed by atoms with Gasteiger partial charge in [-0.05, 0) is 26.2 Å². The van der Waals surface area contributed by atoms with Crippen molar-refractivity contribution in [3.05, 3.63) is 12.1 Å². The SMILES string of the molecule is COc1cc2nc(NCC(C)(C)SC)nc(N)c2cc1OC. The van der Waals surface area contributed by atoms with Crippen LogP contribution in [0.4, 0.5) is 11.8 Å². The van der Waals surface area contributed by atoms with Crippen molar-refractivity contribution in [3.63, 3.8) is 0 Å². The highest BCUT2D eigenvalue weighted by atomic mass is 32.2. The van der Waals surface area contributed by atoms with Gasteiger partial charge in [-0.15, -0.1) is 0 Å². The average molecular weight is 322 g/mol. The second-order valence-corrected chi connectivity index (χ2v) is 6.99. The molecule has 1 heterocycles. The molecule has 1 aromatic carbocycles. The molecule has 6 nitrogen and oxygen atoms in total. The van der Waals surface area contributed by atoms with E-state index in [0.717, 1.165) is 17.4 Å². The lowest BCUT2D eigenvalue weighted by molar-refractivity contribution is 0.356. The Hall–Kier alpha value is -1.89. The summed E-state index contributed by atoms with van der Waals surface area (Å²) in [6.45, 7) is 5.05. The molecule has 0 radical (unpaired) electrons. The van der Waals surface area contributed by atoms with E-state index < -0.39 is 0 Å². The minimum absolute atomic E-state index is 0.0880. The van der Waals surface area contributed by atoms with Crippen LogP contribution in [0.1, 0.15) is 13.8 Å². The summed E-state index contributed by atoms with van der Waals surface area (Å²) in [6, 6.07) is 3.59. The van der Waals surface area contributed by atoms with Crippen LogP contribution in [0.15, 0.2) is 12.1 Å². The highest BCUT2D eigenvalue weighted by Gasteiger charge is 2.17. The van der Waals surface area contributed by atoms with Crippen molar-refractivity contribution in [1.29, 1.82) is 0 Å². The topological polar surface area (TPSA) is 82.3 Å². The number of aromatic nitrogens is 2. The lowest BCUT2D eigenvalue weighted by Crippen LogP contribution is -2.26. The highest BCUT2D eigenvalue weighted by molar-refractivity contribution is 7.99. The Morgan fingerprint density at radius 2 is 1.82 bits per heavy atom. The van der Waals surface area contributed by atoms with E-state index in [1.807, 2.05) is 0 Å². The van der Waals surface area contributed by atoms with Gasteiger partial charge in [0, 0.05) is 22.7 Å². The summed E-state index contributed by atoms with van der Waals surface area (Å²) in [7, 11) is 3.18. The zero-order chi connectivity index (χ0) is 16.3. The molecule has 0 spiro atoms. The van der Waals surface area contributed by atoms with Gasteiger partial charge in [0.05, 0.1) is 19.7 Å². The summed E-state index contributed by atoms with van der Waals surface area (Å²) in [5.41, 5.74) is 6.77. The van der Waals surface area contributed by atoms with Crippen molar-refractivity contribution < 1.29 is 9.47 Å². The minimum Gasteiger partial charge on any atom is -0.493 e. The number of nitrogens with two attached hydrogens (primary N) is 1. The van der Waals surface area contributed by atoms with Gasteiger partial charge < -0.3 is 20.5 Å². The van der Waals surface area contributed by atoms with Crippen molar-refractivity contribution in [3.8, 4) is 11.5 Å². The summed E-state index contributed by atoms with van der Waals surface area (Å²) < 4.78 is 10.7. The molecule has 2 rings (SSSR count). The monoisotopic (exact) mass is 322 g/mol. The molecule has 0 fully saturated rings. The first-order valence-corrected chi connectivity index (χ1v) is 8.11. The second-order valence-electron chi connectivity index (χ2n) is 5.47. The van der Waals surface area contributed by atoms with E-state index in [-0.39, 0.29) is 4.75 Å². The maximum absolute atomic E-state index is 6.05. The largest absolute Gasteiger partial charge is 0.493 e. The number of ether oxygens (including phenoxy) is 2. The zero-order valence-corrected chi connectivity index (χ0v) is 14.4. The second kappa shape index (κ2) is 6.48. The third-order valence-corrected chi connectivity index (χ3v) is 4.70. The van der Waals surface area contributed by atoms with E-state index in [0.29, 0.717) is 23.3 Å². The summed E-state index contributed by atoms with van der Waals surface area (Å²) in [6.07, 6.45) is 2.08. The Kier molecular flexibility index (Phi) is 4.85. The standard InChI is InChI=1S/C15H22N4O2S/c1-15(2,22-5)8-17-14-18-10-7-12(21-4)11(20-3)6-9(10)13(16)19-14/h6-7H,8H2,1-5H3,(H3,16,17,18,19). The van der Waals surface area contributed by atoms with Crippen LogP contribution in [-0.2, 0) is 0 Å². The molecule has 1 aromatic heterocycles. The van der Waals surface area contributed by atoms with E-state index in [9.17, 15) is 0 Å². The Bertz CT molecular complexity index is 676. The first-order valence-electron chi connectivity index (χ1n) is 6.88. The maximum atomic E-state index is 6.05. The number of anilines is 2. The Morgan fingerprint density at radius 3 is 2.41 bits per heavy atom. The lowest BCUT2D eigenvalue weighted by atomic mass is 10.2. The van der Waals surface area contributed by atoms with E-state index in [1.165, 1.54) is 0 Å². The number of hydrogen-bond donors (Lipinski definition) is 2. The third kappa shape index (κ3) is 3.47. The molecule has 0 unspecified atom stereocenters. The summed E-state index contributed by atoms with van der Waals surface area (Å²) >= 11 is 1.78. The van der Waals surface area contributed by atoms with Crippen LogP contribution < -0.4 is 20.5 Å². The van der Waals surface area contributed by atoms with Crippen molar-refractivity contribution in [1.82, 2.24) is 9.97 Å². The Balaban J connectivity index is 2.39. The highest BCUT2D eigenvalue weighted by Crippen LogP contribution is 2.33. The van der Waals surface area contributed by atoms with Crippen molar-refractivity contribution >= 4 is 34.4 Å². The predicted octanol–water partition coefficient (Wildman–Crippen LogP) is 2.78. The normalized spacial score (nSPS) is 11.5. The van der Waals surface area contributed by atoms with Gasteiger partial charge in [0.15, 0.2) is 11.5 Å². The quantitative estimate of drug-likeness (QED) is 0.846. The van der Waals surface area contributed by atoms with Crippen LogP contribution in [0.25, 0.3) is 10.9 Å². The number of thioether (sulfide) groups is 1. The number of nitrogens with one attached hydrogen (secondary N) is 1. The maximum Gasteiger partial charge on any atom is 0.225 e. The molecule has 0 saturated carbocycles. The number of hydrogen-bond acceptors (Lipinski definition) is 7. The first kappa shape index (κ1) is 16.5. The molecule has 22 heavy (non-hydrogen) atoms. The van der Waals surface area contributed by atoms with Crippen molar-refractivity contribution in [2.24, 2.45) is 0 Å². The molecule has 0 amide bonds. The van der Waals surface area contributed by atoms with Gasteiger partial charge >= 0.3 is 0 Å². The first-order chi connectivity index (χ1) is 10.4. The number of benzene rings is 1.